The number of halogens is 1. The standard InChI is InChI=1S/C10H9BrO3.C10H10O3/c1-5-2-6-3-7(10(12)13)4-8(11)9(6)14-5;1-6-4-8-5-7(10(11)12)2-3-9(8)13-6/h3-5H,2H2,1H3,(H,12,13);2-3,5-6H,4H2,1H3,(H,11,12). The molecule has 0 radical (unpaired) electrons. The quantitative estimate of drug-likeness (QED) is 0.736. The van der Waals surface area contributed by atoms with Crippen molar-refractivity contribution in [2.75, 3.05) is 0 Å². The zero-order valence-corrected chi connectivity index (χ0v) is 16.4. The summed E-state index contributed by atoms with van der Waals surface area (Å²) < 4.78 is 11.7. The molecule has 2 unspecified atom stereocenters. The molecule has 0 fully saturated rings. The van der Waals surface area contributed by atoms with Gasteiger partial charge in [0, 0.05) is 12.8 Å². The second-order valence-electron chi connectivity index (χ2n) is 6.64. The average molecular weight is 435 g/mol. The van der Waals surface area contributed by atoms with Crippen LogP contribution in [-0.4, -0.2) is 34.4 Å². The molecule has 2 heterocycles. The van der Waals surface area contributed by atoms with E-state index in [0.29, 0.717) is 11.1 Å². The minimum absolute atomic E-state index is 0.130. The average Bonchev–Trinajstić information content (AvgIpc) is 3.15. The number of carbonyl (C=O) groups is 2. The van der Waals surface area contributed by atoms with E-state index in [4.69, 9.17) is 19.7 Å². The number of carboxylic acid groups (broad SMARTS) is 2. The van der Waals surface area contributed by atoms with Crippen molar-refractivity contribution in [2.24, 2.45) is 0 Å². The lowest BCUT2D eigenvalue weighted by molar-refractivity contribution is 0.0686. The fourth-order valence-electron chi connectivity index (χ4n) is 3.17. The van der Waals surface area contributed by atoms with Crippen molar-refractivity contribution in [3.8, 4) is 11.5 Å². The molecule has 2 atom stereocenters. The molecule has 4 rings (SSSR count). The molecule has 7 heteroatoms. The van der Waals surface area contributed by atoms with Gasteiger partial charge in [0.25, 0.3) is 0 Å². The van der Waals surface area contributed by atoms with Crippen LogP contribution in [0.4, 0.5) is 0 Å². The van der Waals surface area contributed by atoms with E-state index in [2.05, 4.69) is 15.9 Å². The van der Waals surface area contributed by atoms with Gasteiger partial charge in [-0.05, 0) is 71.2 Å². The Labute approximate surface area is 164 Å². The van der Waals surface area contributed by atoms with E-state index < -0.39 is 11.9 Å². The second kappa shape index (κ2) is 7.60. The minimum Gasteiger partial charge on any atom is -0.490 e. The molecule has 2 aromatic carbocycles. The van der Waals surface area contributed by atoms with Crippen molar-refractivity contribution in [1.29, 1.82) is 0 Å². The van der Waals surface area contributed by atoms with Crippen molar-refractivity contribution in [2.45, 2.75) is 38.9 Å². The Kier molecular flexibility index (Phi) is 5.41. The van der Waals surface area contributed by atoms with Gasteiger partial charge in [-0.2, -0.15) is 0 Å². The van der Waals surface area contributed by atoms with Crippen LogP contribution in [0.25, 0.3) is 0 Å². The first-order valence-corrected chi connectivity index (χ1v) is 9.29. The molecule has 27 heavy (non-hydrogen) atoms. The minimum atomic E-state index is -0.909. The maximum Gasteiger partial charge on any atom is 0.335 e. The Morgan fingerprint density at radius 3 is 2.19 bits per heavy atom. The normalized spacial score (nSPS) is 19.1. The van der Waals surface area contributed by atoms with Crippen LogP contribution in [0.5, 0.6) is 11.5 Å². The molecular formula is C20H19BrO6. The number of aromatic carboxylic acids is 2. The molecule has 0 aliphatic carbocycles. The SMILES string of the molecule is CC1Cc2cc(C(=O)O)cc(Br)c2O1.CC1Cc2cc(C(=O)O)ccc2O1. The van der Waals surface area contributed by atoms with Gasteiger partial charge in [0.05, 0.1) is 15.6 Å². The maximum atomic E-state index is 10.8. The van der Waals surface area contributed by atoms with Crippen molar-refractivity contribution in [1.82, 2.24) is 0 Å². The summed E-state index contributed by atoms with van der Waals surface area (Å²) in [5.74, 6) is -0.199. The van der Waals surface area contributed by atoms with Gasteiger partial charge in [0.2, 0.25) is 0 Å². The summed E-state index contributed by atoms with van der Waals surface area (Å²) in [7, 11) is 0. The lowest BCUT2D eigenvalue weighted by Gasteiger charge is -2.05. The third-order valence-corrected chi connectivity index (χ3v) is 4.93. The Balaban J connectivity index is 0.000000156. The lowest BCUT2D eigenvalue weighted by atomic mass is 10.1. The maximum absolute atomic E-state index is 10.8. The summed E-state index contributed by atoms with van der Waals surface area (Å²) in [6.07, 6.45) is 1.87. The summed E-state index contributed by atoms with van der Waals surface area (Å²) >= 11 is 3.31. The van der Waals surface area contributed by atoms with Gasteiger partial charge < -0.3 is 19.7 Å². The van der Waals surface area contributed by atoms with E-state index in [1.54, 1.807) is 30.3 Å². The first kappa shape index (κ1) is 19.2. The molecule has 142 valence electrons. The topological polar surface area (TPSA) is 93.1 Å². The predicted molar refractivity (Wildman–Crippen MR) is 102 cm³/mol. The second-order valence-corrected chi connectivity index (χ2v) is 7.50. The largest absolute Gasteiger partial charge is 0.490 e. The van der Waals surface area contributed by atoms with E-state index in [-0.39, 0.29) is 12.2 Å². The molecule has 2 aliphatic heterocycles. The number of carboxylic acids is 2. The molecule has 0 saturated carbocycles. The lowest BCUT2D eigenvalue weighted by Crippen LogP contribution is -2.05. The molecule has 0 saturated heterocycles. The van der Waals surface area contributed by atoms with E-state index in [1.807, 2.05) is 13.8 Å². The first-order valence-electron chi connectivity index (χ1n) is 8.50. The molecule has 0 amide bonds. The van der Waals surface area contributed by atoms with Crippen LogP contribution >= 0.6 is 15.9 Å². The van der Waals surface area contributed by atoms with Crippen LogP contribution in [0.2, 0.25) is 0 Å². The summed E-state index contributed by atoms with van der Waals surface area (Å²) in [6, 6.07) is 8.22. The summed E-state index contributed by atoms with van der Waals surface area (Å²) in [6.45, 7) is 3.94. The highest BCUT2D eigenvalue weighted by Crippen LogP contribution is 2.37. The van der Waals surface area contributed by atoms with Crippen molar-refractivity contribution in [3.05, 3.63) is 57.1 Å². The monoisotopic (exact) mass is 434 g/mol. The van der Waals surface area contributed by atoms with Crippen molar-refractivity contribution in [3.63, 3.8) is 0 Å². The first-order chi connectivity index (χ1) is 12.7. The van der Waals surface area contributed by atoms with Crippen LogP contribution in [-0.2, 0) is 12.8 Å². The molecule has 2 aromatic rings. The highest BCUT2D eigenvalue weighted by atomic mass is 79.9. The summed E-state index contributed by atoms with van der Waals surface area (Å²) in [5.41, 5.74) is 2.58. The van der Waals surface area contributed by atoms with E-state index >= 15 is 0 Å². The van der Waals surface area contributed by atoms with Crippen molar-refractivity contribution >= 4 is 27.9 Å². The van der Waals surface area contributed by atoms with Gasteiger partial charge in [-0.1, -0.05) is 0 Å². The summed E-state index contributed by atoms with van der Waals surface area (Å²) in [5, 5.41) is 17.6. The molecule has 0 spiro atoms. The fourth-order valence-corrected chi connectivity index (χ4v) is 3.76. The highest BCUT2D eigenvalue weighted by molar-refractivity contribution is 9.10. The zero-order valence-electron chi connectivity index (χ0n) is 14.9. The number of ether oxygens (including phenoxy) is 2. The van der Waals surface area contributed by atoms with Crippen LogP contribution in [0.1, 0.15) is 45.7 Å². The molecule has 2 aliphatic rings. The van der Waals surface area contributed by atoms with Crippen LogP contribution in [0, 0.1) is 0 Å². The Morgan fingerprint density at radius 1 is 0.926 bits per heavy atom. The van der Waals surface area contributed by atoms with E-state index in [0.717, 1.165) is 39.9 Å². The van der Waals surface area contributed by atoms with Gasteiger partial charge in [0.1, 0.15) is 23.7 Å². The molecule has 0 aromatic heterocycles. The molecular weight excluding hydrogens is 416 g/mol. The smallest absolute Gasteiger partial charge is 0.335 e. The fraction of sp³-hybridized carbons (Fsp3) is 0.300. The van der Waals surface area contributed by atoms with Crippen LogP contribution in [0.3, 0.4) is 0 Å². The van der Waals surface area contributed by atoms with Gasteiger partial charge in [-0.3, -0.25) is 0 Å². The molecule has 6 nitrogen and oxygen atoms in total. The molecule has 0 bridgehead atoms. The van der Waals surface area contributed by atoms with Gasteiger partial charge >= 0.3 is 11.9 Å². The Morgan fingerprint density at radius 2 is 1.52 bits per heavy atom. The number of benzene rings is 2. The predicted octanol–water partition coefficient (Wildman–Crippen LogP) is 4.18. The van der Waals surface area contributed by atoms with Crippen LogP contribution in [0.15, 0.2) is 34.8 Å². The highest BCUT2D eigenvalue weighted by Gasteiger charge is 2.23. The third kappa shape index (κ3) is 4.24. The number of rotatable bonds is 2. The zero-order chi connectivity index (χ0) is 19.7. The van der Waals surface area contributed by atoms with E-state index in [1.165, 1.54) is 0 Å². The Bertz CT molecular complexity index is 908. The molecule has 2 N–H and O–H groups in total. The van der Waals surface area contributed by atoms with Crippen molar-refractivity contribution < 1.29 is 29.3 Å². The summed E-state index contributed by atoms with van der Waals surface area (Å²) in [4.78, 5) is 21.4. The van der Waals surface area contributed by atoms with Gasteiger partial charge in [-0.25, -0.2) is 9.59 Å². The van der Waals surface area contributed by atoms with Gasteiger partial charge in [-0.15, -0.1) is 0 Å². The third-order valence-electron chi connectivity index (χ3n) is 4.34. The number of hydrogen-bond donors (Lipinski definition) is 2. The van der Waals surface area contributed by atoms with Gasteiger partial charge in [0.15, 0.2) is 0 Å². The van der Waals surface area contributed by atoms with Crippen LogP contribution < -0.4 is 9.47 Å². The number of fused-ring (bicyclic) bond motifs is 2. The Hall–Kier alpha value is -2.54. The number of hydrogen-bond acceptors (Lipinski definition) is 4. The van der Waals surface area contributed by atoms with E-state index in [9.17, 15) is 9.59 Å².